The van der Waals surface area contributed by atoms with Crippen LogP contribution in [0.1, 0.15) is 0 Å². The van der Waals surface area contributed by atoms with Crippen LogP contribution < -0.4 is 5.73 Å². The summed E-state index contributed by atoms with van der Waals surface area (Å²) in [6.45, 7) is 0. The van der Waals surface area contributed by atoms with Gasteiger partial charge in [-0.15, -0.1) is 10.2 Å². The van der Waals surface area contributed by atoms with Gasteiger partial charge in [0.15, 0.2) is 0 Å². The molecule has 5 heteroatoms. The van der Waals surface area contributed by atoms with Crippen LogP contribution in [-0.4, -0.2) is 10.2 Å². The zero-order chi connectivity index (χ0) is 11.8. The monoisotopic (exact) mass is 305 g/mol. The Kier molecular flexibility index (Phi) is 2.57. The van der Waals surface area contributed by atoms with Crippen molar-refractivity contribution < 1.29 is 0 Å². The number of nitrogens with zero attached hydrogens (tertiary/aromatic N) is 2. The fraction of sp³-hybridized carbons (Fsp3) is 0. The molecule has 0 spiro atoms. The van der Waals surface area contributed by atoms with Crippen molar-refractivity contribution in [3.05, 3.63) is 40.9 Å². The lowest BCUT2D eigenvalue weighted by atomic mass is 10.1. The molecule has 0 aliphatic rings. The van der Waals surface area contributed by atoms with Gasteiger partial charge in [-0.2, -0.15) is 0 Å². The summed E-state index contributed by atoms with van der Waals surface area (Å²) in [6.07, 6.45) is 0. The number of anilines is 1. The minimum atomic E-state index is 0.495. The molecule has 1 aromatic heterocycles. The number of benzene rings is 2. The average molecular weight is 306 g/mol. The molecule has 17 heavy (non-hydrogen) atoms. The van der Waals surface area contributed by atoms with Gasteiger partial charge in [-0.3, -0.25) is 0 Å². The number of rotatable bonds is 1. The smallest absolute Gasteiger partial charge is 0.203 e. The molecule has 0 atom stereocenters. The summed E-state index contributed by atoms with van der Waals surface area (Å²) >= 11 is 4.93. The molecule has 3 aromatic rings. The van der Waals surface area contributed by atoms with E-state index < -0.39 is 0 Å². The van der Waals surface area contributed by atoms with Crippen molar-refractivity contribution in [2.45, 2.75) is 0 Å². The van der Waals surface area contributed by atoms with E-state index >= 15 is 0 Å². The molecule has 2 aromatic carbocycles. The van der Waals surface area contributed by atoms with Crippen molar-refractivity contribution in [3.63, 3.8) is 0 Å². The van der Waals surface area contributed by atoms with E-state index in [2.05, 4.69) is 44.3 Å². The Morgan fingerprint density at radius 1 is 1.12 bits per heavy atom. The van der Waals surface area contributed by atoms with Gasteiger partial charge in [0, 0.05) is 10.0 Å². The lowest BCUT2D eigenvalue weighted by Crippen LogP contribution is -1.80. The lowest BCUT2D eigenvalue weighted by Gasteiger charge is -2.02. The zero-order valence-corrected chi connectivity index (χ0v) is 11.1. The average Bonchev–Trinajstić information content (AvgIpc) is 2.76. The van der Waals surface area contributed by atoms with Crippen LogP contribution >= 0.6 is 27.3 Å². The fourth-order valence-electron chi connectivity index (χ4n) is 1.73. The van der Waals surface area contributed by atoms with Gasteiger partial charge in [-0.25, -0.2) is 0 Å². The molecule has 2 N–H and O–H groups in total. The van der Waals surface area contributed by atoms with E-state index in [9.17, 15) is 0 Å². The second-order valence-electron chi connectivity index (χ2n) is 3.62. The van der Waals surface area contributed by atoms with Gasteiger partial charge in [-0.05, 0) is 22.9 Å². The molecular formula is C12H8BrN3S. The molecule has 1 heterocycles. The maximum Gasteiger partial charge on any atom is 0.203 e. The summed E-state index contributed by atoms with van der Waals surface area (Å²) in [5.74, 6) is 0. The Labute approximate surface area is 110 Å². The molecule has 0 saturated heterocycles. The van der Waals surface area contributed by atoms with E-state index in [0.717, 1.165) is 15.0 Å². The minimum absolute atomic E-state index is 0.495. The van der Waals surface area contributed by atoms with Crippen LogP contribution in [0.3, 0.4) is 0 Å². The van der Waals surface area contributed by atoms with Crippen molar-refractivity contribution in [1.82, 2.24) is 10.2 Å². The van der Waals surface area contributed by atoms with Crippen LogP contribution in [0.25, 0.3) is 21.3 Å². The molecule has 0 unspecified atom stereocenters. The van der Waals surface area contributed by atoms with Gasteiger partial charge in [0.1, 0.15) is 5.01 Å². The Morgan fingerprint density at radius 2 is 2.00 bits per heavy atom. The molecule has 3 rings (SSSR count). The third kappa shape index (κ3) is 1.92. The molecule has 84 valence electrons. The predicted octanol–water partition coefficient (Wildman–Crippen LogP) is 3.70. The SMILES string of the molecule is Nc1nnc(-c2ccc3c(Br)cccc3c2)s1. The van der Waals surface area contributed by atoms with Gasteiger partial charge in [0.05, 0.1) is 0 Å². The standard InChI is InChI=1S/C12H8BrN3S/c13-10-3-1-2-7-6-8(4-5-9(7)10)11-15-16-12(14)17-11/h1-6H,(H2,14,16). The summed E-state index contributed by atoms with van der Waals surface area (Å²) in [6, 6.07) is 12.3. The first-order chi connectivity index (χ1) is 8.24. The first kappa shape index (κ1) is 10.7. The number of halogens is 1. The fourth-order valence-corrected chi connectivity index (χ4v) is 2.85. The third-order valence-corrected chi connectivity index (χ3v) is 4.01. The zero-order valence-electron chi connectivity index (χ0n) is 8.72. The van der Waals surface area contributed by atoms with Gasteiger partial charge >= 0.3 is 0 Å². The second-order valence-corrected chi connectivity index (χ2v) is 5.48. The third-order valence-electron chi connectivity index (χ3n) is 2.51. The van der Waals surface area contributed by atoms with Crippen LogP contribution in [0.4, 0.5) is 5.13 Å². The minimum Gasteiger partial charge on any atom is -0.374 e. The molecule has 0 aliphatic heterocycles. The van der Waals surface area contributed by atoms with Crippen molar-refractivity contribution in [2.75, 3.05) is 5.73 Å². The van der Waals surface area contributed by atoms with Crippen molar-refractivity contribution >= 4 is 43.2 Å². The number of nitrogen functional groups attached to an aromatic ring is 1. The number of fused-ring (bicyclic) bond motifs is 1. The summed E-state index contributed by atoms with van der Waals surface area (Å²) in [7, 11) is 0. The topological polar surface area (TPSA) is 51.8 Å². The van der Waals surface area contributed by atoms with Crippen LogP contribution in [0, 0.1) is 0 Å². The molecule has 0 radical (unpaired) electrons. The van der Waals surface area contributed by atoms with Gasteiger partial charge in [0.25, 0.3) is 0 Å². The highest BCUT2D eigenvalue weighted by molar-refractivity contribution is 9.10. The molecule has 3 nitrogen and oxygen atoms in total. The van der Waals surface area contributed by atoms with Gasteiger partial charge in [-0.1, -0.05) is 51.5 Å². The Balaban J connectivity index is 2.20. The first-order valence-electron chi connectivity index (χ1n) is 5.02. The van der Waals surface area contributed by atoms with Gasteiger partial charge < -0.3 is 5.73 Å². The van der Waals surface area contributed by atoms with E-state index in [0.29, 0.717) is 5.13 Å². The van der Waals surface area contributed by atoms with E-state index in [1.807, 2.05) is 18.2 Å². The number of hydrogen-bond acceptors (Lipinski definition) is 4. The maximum atomic E-state index is 5.59. The van der Waals surface area contributed by atoms with Crippen LogP contribution in [0.15, 0.2) is 40.9 Å². The molecular weight excluding hydrogens is 298 g/mol. The second kappa shape index (κ2) is 4.09. The highest BCUT2D eigenvalue weighted by Crippen LogP contribution is 2.30. The largest absolute Gasteiger partial charge is 0.374 e. The normalized spacial score (nSPS) is 10.9. The number of nitrogens with two attached hydrogens (primary N) is 1. The lowest BCUT2D eigenvalue weighted by molar-refractivity contribution is 1.10. The summed E-state index contributed by atoms with van der Waals surface area (Å²) in [5.41, 5.74) is 6.64. The highest BCUT2D eigenvalue weighted by Gasteiger charge is 2.06. The molecule has 0 fully saturated rings. The van der Waals surface area contributed by atoms with Crippen LogP contribution in [0.2, 0.25) is 0 Å². The molecule has 0 saturated carbocycles. The van der Waals surface area contributed by atoms with Crippen LogP contribution in [0.5, 0.6) is 0 Å². The Morgan fingerprint density at radius 3 is 2.76 bits per heavy atom. The van der Waals surface area contributed by atoms with E-state index in [4.69, 9.17) is 5.73 Å². The number of aromatic nitrogens is 2. The van der Waals surface area contributed by atoms with Crippen molar-refractivity contribution in [2.24, 2.45) is 0 Å². The molecule has 0 amide bonds. The van der Waals surface area contributed by atoms with Crippen molar-refractivity contribution in [3.8, 4) is 10.6 Å². The van der Waals surface area contributed by atoms with Crippen molar-refractivity contribution in [1.29, 1.82) is 0 Å². The Bertz CT molecular complexity index is 693. The van der Waals surface area contributed by atoms with E-state index in [1.165, 1.54) is 22.1 Å². The molecule has 0 bridgehead atoms. The van der Waals surface area contributed by atoms with E-state index in [1.54, 1.807) is 0 Å². The van der Waals surface area contributed by atoms with E-state index in [-0.39, 0.29) is 0 Å². The summed E-state index contributed by atoms with van der Waals surface area (Å²) in [4.78, 5) is 0. The highest BCUT2D eigenvalue weighted by atomic mass is 79.9. The quantitative estimate of drug-likeness (QED) is 0.746. The number of hydrogen-bond donors (Lipinski definition) is 1. The molecule has 0 aliphatic carbocycles. The van der Waals surface area contributed by atoms with Crippen LogP contribution in [-0.2, 0) is 0 Å². The maximum absolute atomic E-state index is 5.59. The Hall–Kier alpha value is -1.46. The predicted molar refractivity (Wildman–Crippen MR) is 75.0 cm³/mol. The summed E-state index contributed by atoms with van der Waals surface area (Å²) < 4.78 is 1.10. The van der Waals surface area contributed by atoms with Gasteiger partial charge in [0.2, 0.25) is 5.13 Å². The summed E-state index contributed by atoms with van der Waals surface area (Å²) in [5, 5.41) is 11.6. The first-order valence-corrected chi connectivity index (χ1v) is 6.62.